The zero-order valence-electron chi connectivity index (χ0n) is 17.5. The predicted octanol–water partition coefficient (Wildman–Crippen LogP) is 4.53. The highest BCUT2D eigenvalue weighted by molar-refractivity contribution is 7.98. The van der Waals surface area contributed by atoms with Crippen LogP contribution < -0.4 is 5.32 Å². The summed E-state index contributed by atoms with van der Waals surface area (Å²) in [5.41, 5.74) is 5.77. The lowest BCUT2D eigenvalue weighted by Gasteiger charge is -2.10. The summed E-state index contributed by atoms with van der Waals surface area (Å²) in [6.45, 7) is 5.98. The molecule has 0 saturated carbocycles. The van der Waals surface area contributed by atoms with Crippen LogP contribution in [0.25, 0.3) is 5.69 Å². The van der Waals surface area contributed by atoms with Crippen molar-refractivity contribution in [3.05, 3.63) is 89.0 Å². The first-order valence-electron chi connectivity index (χ1n) is 9.81. The highest BCUT2D eigenvalue weighted by Crippen LogP contribution is 2.24. The minimum Gasteiger partial charge on any atom is -0.320 e. The normalized spacial score (nSPS) is 10.8. The van der Waals surface area contributed by atoms with E-state index in [1.165, 1.54) is 11.8 Å². The highest BCUT2D eigenvalue weighted by Gasteiger charge is 2.22. The third kappa shape index (κ3) is 4.80. The van der Waals surface area contributed by atoms with Crippen LogP contribution in [0.1, 0.15) is 32.9 Å². The maximum Gasteiger partial charge on any atom is 0.278 e. The molecule has 0 bridgehead atoms. The SMILES string of the molecule is Cc1ccc(-n2nnc(C(=O)Nc3cc(C)ccc3C)c2CSc2ncccn2)cc1. The van der Waals surface area contributed by atoms with Crippen LogP contribution in [-0.4, -0.2) is 30.9 Å². The molecule has 1 amide bonds. The van der Waals surface area contributed by atoms with Gasteiger partial charge in [0, 0.05) is 23.8 Å². The summed E-state index contributed by atoms with van der Waals surface area (Å²) >= 11 is 1.43. The van der Waals surface area contributed by atoms with Gasteiger partial charge >= 0.3 is 0 Å². The number of aromatic nitrogens is 5. The average Bonchev–Trinajstić information content (AvgIpc) is 3.20. The van der Waals surface area contributed by atoms with E-state index >= 15 is 0 Å². The summed E-state index contributed by atoms with van der Waals surface area (Å²) in [5.74, 6) is 0.150. The minimum absolute atomic E-state index is 0.282. The Morgan fingerprint density at radius 1 is 1.00 bits per heavy atom. The molecule has 2 aromatic heterocycles. The van der Waals surface area contributed by atoms with E-state index in [0.29, 0.717) is 16.6 Å². The summed E-state index contributed by atoms with van der Waals surface area (Å²) in [7, 11) is 0. The van der Waals surface area contributed by atoms with Crippen LogP contribution in [0.4, 0.5) is 5.69 Å². The molecule has 8 heteroatoms. The van der Waals surface area contributed by atoms with Gasteiger partial charge in [-0.25, -0.2) is 14.6 Å². The number of anilines is 1. The van der Waals surface area contributed by atoms with Gasteiger partial charge in [-0.3, -0.25) is 4.79 Å². The summed E-state index contributed by atoms with van der Waals surface area (Å²) in [6, 6.07) is 15.6. The average molecular weight is 431 g/mol. The van der Waals surface area contributed by atoms with Crippen LogP contribution >= 0.6 is 11.8 Å². The molecule has 0 saturated heterocycles. The standard InChI is InChI=1S/C23H22N6OS/c1-15-6-9-18(10-7-15)29-20(14-31-23-24-11-4-12-25-23)21(27-28-29)22(30)26-19-13-16(2)5-8-17(19)3/h4-13H,14H2,1-3H3,(H,26,30). The Bertz CT molecular complexity index is 1200. The van der Waals surface area contributed by atoms with Gasteiger partial charge in [0.1, 0.15) is 0 Å². The first-order chi connectivity index (χ1) is 15.0. The van der Waals surface area contributed by atoms with E-state index in [9.17, 15) is 4.79 Å². The molecule has 0 unspecified atom stereocenters. The highest BCUT2D eigenvalue weighted by atomic mass is 32.2. The van der Waals surface area contributed by atoms with Crippen molar-refractivity contribution >= 4 is 23.4 Å². The van der Waals surface area contributed by atoms with Crippen molar-refractivity contribution in [3.8, 4) is 5.69 Å². The summed E-state index contributed by atoms with van der Waals surface area (Å²) in [5, 5.41) is 12.1. The second-order valence-corrected chi connectivity index (χ2v) is 8.17. The molecule has 0 aliphatic carbocycles. The number of nitrogens with zero attached hydrogens (tertiary/aromatic N) is 5. The lowest BCUT2D eigenvalue weighted by atomic mass is 10.1. The van der Waals surface area contributed by atoms with Crippen LogP contribution in [0.5, 0.6) is 0 Å². The predicted molar refractivity (Wildman–Crippen MR) is 122 cm³/mol. The Morgan fingerprint density at radius 2 is 1.71 bits per heavy atom. The van der Waals surface area contributed by atoms with Crippen molar-refractivity contribution in [1.29, 1.82) is 0 Å². The van der Waals surface area contributed by atoms with E-state index in [0.717, 1.165) is 28.1 Å². The van der Waals surface area contributed by atoms with Gasteiger partial charge in [0.25, 0.3) is 5.91 Å². The van der Waals surface area contributed by atoms with Gasteiger partial charge in [-0.15, -0.1) is 5.10 Å². The number of carbonyl (C=O) groups is 1. The molecule has 1 N–H and O–H groups in total. The van der Waals surface area contributed by atoms with Crippen molar-refractivity contribution in [2.45, 2.75) is 31.7 Å². The van der Waals surface area contributed by atoms with Gasteiger partial charge in [-0.05, 0) is 56.2 Å². The number of amides is 1. The molecule has 2 heterocycles. The maximum absolute atomic E-state index is 13.1. The van der Waals surface area contributed by atoms with Gasteiger partial charge in [0.05, 0.1) is 11.4 Å². The number of thioether (sulfide) groups is 1. The Hall–Kier alpha value is -3.52. The summed E-state index contributed by atoms with van der Waals surface area (Å²) < 4.78 is 1.70. The molecular formula is C23H22N6OS. The monoisotopic (exact) mass is 430 g/mol. The topological polar surface area (TPSA) is 85.6 Å². The van der Waals surface area contributed by atoms with Crippen LogP contribution in [0.15, 0.2) is 66.1 Å². The van der Waals surface area contributed by atoms with Crippen LogP contribution in [0, 0.1) is 20.8 Å². The molecule has 0 aliphatic rings. The zero-order chi connectivity index (χ0) is 21.8. The van der Waals surface area contributed by atoms with E-state index in [1.54, 1.807) is 23.1 Å². The lowest BCUT2D eigenvalue weighted by molar-refractivity contribution is 0.102. The third-order valence-corrected chi connectivity index (χ3v) is 5.66. The van der Waals surface area contributed by atoms with Crippen molar-refractivity contribution < 1.29 is 4.79 Å². The molecule has 7 nitrogen and oxygen atoms in total. The Labute approximate surface area is 184 Å². The van der Waals surface area contributed by atoms with E-state index in [2.05, 4.69) is 25.6 Å². The number of carbonyl (C=O) groups excluding carboxylic acids is 1. The summed E-state index contributed by atoms with van der Waals surface area (Å²) in [6.07, 6.45) is 3.39. The third-order valence-electron chi connectivity index (χ3n) is 4.78. The molecule has 4 rings (SSSR count). The van der Waals surface area contributed by atoms with Crippen molar-refractivity contribution in [3.63, 3.8) is 0 Å². The fraction of sp³-hybridized carbons (Fsp3) is 0.174. The molecule has 2 aromatic carbocycles. The van der Waals surface area contributed by atoms with Crippen molar-refractivity contribution in [1.82, 2.24) is 25.0 Å². The second kappa shape index (κ2) is 9.09. The van der Waals surface area contributed by atoms with E-state index < -0.39 is 0 Å². The molecule has 0 radical (unpaired) electrons. The lowest BCUT2D eigenvalue weighted by Crippen LogP contribution is -2.16. The summed E-state index contributed by atoms with van der Waals surface area (Å²) in [4.78, 5) is 21.7. The van der Waals surface area contributed by atoms with E-state index in [1.807, 2.05) is 63.2 Å². The fourth-order valence-corrected chi connectivity index (χ4v) is 3.84. The van der Waals surface area contributed by atoms with Gasteiger partial charge in [0.15, 0.2) is 10.9 Å². The Balaban J connectivity index is 1.68. The molecule has 0 fully saturated rings. The molecular weight excluding hydrogens is 408 g/mol. The van der Waals surface area contributed by atoms with Gasteiger partial charge in [-0.2, -0.15) is 0 Å². The first kappa shape index (κ1) is 20.7. The van der Waals surface area contributed by atoms with E-state index in [4.69, 9.17) is 0 Å². The molecule has 0 spiro atoms. The van der Waals surface area contributed by atoms with Gasteiger partial charge in [-0.1, -0.05) is 46.8 Å². The maximum atomic E-state index is 13.1. The van der Waals surface area contributed by atoms with E-state index in [-0.39, 0.29) is 11.6 Å². The molecule has 4 aromatic rings. The van der Waals surface area contributed by atoms with Crippen LogP contribution in [0.2, 0.25) is 0 Å². The van der Waals surface area contributed by atoms with Crippen LogP contribution in [0.3, 0.4) is 0 Å². The number of benzene rings is 2. The van der Waals surface area contributed by atoms with Gasteiger partial charge in [0.2, 0.25) is 0 Å². The number of aryl methyl sites for hydroxylation is 3. The zero-order valence-corrected chi connectivity index (χ0v) is 18.3. The largest absolute Gasteiger partial charge is 0.320 e. The molecule has 31 heavy (non-hydrogen) atoms. The second-order valence-electron chi connectivity index (χ2n) is 7.22. The molecule has 0 atom stereocenters. The Kier molecular flexibility index (Phi) is 6.08. The first-order valence-corrected chi connectivity index (χ1v) is 10.8. The number of hydrogen-bond donors (Lipinski definition) is 1. The molecule has 156 valence electrons. The van der Waals surface area contributed by atoms with Gasteiger partial charge < -0.3 is 5.32 Å². The van der Waals surface area contributed by atoms with Crippen LogP contribution in [-0.2, 0) is 5.75 Å². The smallest absolute Gasteiger partial charge is 0.278 e. The minimum atomic E-state index is -0.295. The van der Waals surface area contributed by atoms with Crippen molar-refractivity contribution in [2.24, 2.45) is 0 Å². The molecule has 0 aliphatic heterocycles. The fourth-order valence-electron chi connectivity index (χ4n) is 3.05. The Morgan fingerprint density at radius 3 is 2.45 bits per heavy atom. The van der Waals surface area contributed by atoms with Crippen molar-refractivity contribution in [2.75, 3.05) is 5.32 Å². The number of nitrogens with one attached hydrogen (secondary N) is 1. The number of hydrogen-bond acceptors (Lipinski definition) is 6. The quantitative estimate of drug-likeness (QED) is 0.357. The number of rotatable bonds is 6.